The summed E-state index contributed by atoms with van der Waals surface area (Å²) in [7, 11) is 0. The van der Waals surface area contributed by atoms with Gasteiger partial charge in [0.05, 0.1) is 11.9 Å². The third-order valence-corrected chi connectivity index (χ3v) is 2.79. The Hall–Kier alpha value is -2.43. The lowest BCUT2D eigenvalue weighted by Gasteiger charge is -2.23. The average Bonchev–Trinajstić information content (AvgIpc) is 2.42. The van der Waals surface area contributed by atoms with Gasteiger partial charge in [0.1, 0.15) is 17.3 Å². The van der Waals surface area contributed by atoms with Gasteiger partial charge >= 0.3 is 0 Å². The number of hydrogen-bond donors (Lipinski definition) is 2. The summed E-state index contributed by atoms with van der Waals surface area (Å²) in [5, 5.41) is 7.31. The van der Waals surface area contributed by atoms with Gasteiger partial charge in [-0.15, -0.1) is 0 Å². The van der Waals surface area contributed by atoms with Crippen molar-refractivity contribution in [1.82, 2.24) is 4.98 Å². The summed E-state index contributed by atoms with van der Waals surface area (Å²) in [6.07, 6.45) is 1.66. The summed E-state index contributed by atoms with van der Waals surface area (Å²) in [6.45, 7) is 2.73. The lowest BCUT2D eigenvalue weighted by Crippen LogP contribution is -2.17. The molecule has 0 unspecified atom stereocenters. The quantitative estimate of drug-likeness (QED) is 0.654. The van der Waals surface area contributed by atoms with E-state index in [1.165, 1.54) is 12.1 Å². The number of anilines is 2. The van der Waals surface area contributed by atoms with E-state index in [0.717, 1.165) is 17.9 Å². The summed E-state index contributed by atoms with van der Waals surface area (Å²) < 4.78 is 12.9. The molecule has 0 aliphatic carbocycles. The van der Waals surface area contributed by atoms with Crippen LogP contribution in [0, 0.1) is 11.2 Å². The highest BCUT2D eigenvalue weighted by atomic mass is 19.1. The van der Waals surface area contributed by atoms with Crippen LogP contribution in [0.5, 0.6) is 0 Å². The maximum atomic E-state index is 12.9. The first kappa shape index (κ1) is 13.0. The zero-order valence-electron chi connectivity index (χ0n) is 10.6. The lowest BCUT2D eigenvalue weighted by molar-refractivity contribution is 0.628. The van der Waals surface area contributed by atoms with Gasteiger partial charge in [0.2, 0.25) is 0 Å². The first-order valence-electron chi connectivity index (χ1n) is 5.95. The minimum atomic E-state index is -0.259. The molecule has 5 heteroatoms. The van der Waals surface area contributed by atoms with Crippen molar-refractivity contribution in [3.05, 3.63) is 54.1 Å². The van der Waals surface area contributed by atoms with Crippen LogP contribution in [0.4, 0.5) is 15.8 Å². The van der Waals surface area contributed by atoms with Gasteiger partial charge in [-0.1, -0.05) is 0 Å². The SMILES string of the molecule is CCN(c1ccc(F)cc1)c1ccc(C(=N)N)nc1. The lowest BCUT2D eigenvalue weighted by atomic mass is 10.2. The minimum absolute atomic E-state index is 0.0589. The van der Waals surface area contributed by atoms with Crippen LogP contribution in [0.2, 0.25) is 0 Å². The van der Waals surface area contributed by atoms with Gasteiger partial charge in [-0.3, -0.25) is 10.4 Å². The van der Waals surface area contributed by atoms with Crippen LogP contribution in [0.3, 0.4) is 0 Å². The number of pyridine rings is 1. The summed E-state index contributed by atoms with van der Waals surface area (Å²) in [6, 6.07) is 9.83. The first-order chi connectivity index (χ1) is 9.11. The van der Waals surface area contributed by atoms with E-state index in [9.17, 15) is 4.39 Å². The Kier molecular flexibility index (Phi) is 3.75. The van der Waals surface area contributed by atoms with Gasteiger partial charge in [0.15, 0.2) is 0 Å². The van der Waals surface area contributed by atoms with Gasteiger partial charge in [-0.25, -0.2) is 4.39 Å². The molecule has 0 aliphatic heterocycles. The molecule has 0 fully saturated rings. The van der Waals surface area contributed by atoms with Crippen molar-refractivity contribution in [2.45, 2.75) is 6.92 Å². The van der Waals surface area contributed by atoms with Crippen LogP contribution in [0.25, 0.3) is 0 Å². The smallest absolute Gasteiger partial charge is 0.141 e. The number of rotatable bonds is 4. The van der Waals surface area contributed by atoms with Gasteiger partial charge in [-0.2, -0.15) is 0 Å². The molecule has 98 valence electrons. The maximum absolute atomic E-state index is 12.9. The molecule has 2 aromatic rings. The topological polar surface area (TPSA) is 66.0 Å². The van der Waals surface area contributed by atoms with E-state index in [1.807, 2.05) is 17.9 Å². The molecule has 0 aliphatic rings. The number of halogens is 1. The van der Waals surface area contributed by atoms with E-state index < -0.39 is 0 Å². The Morgan fingerprint density at radius 2 is 1.84 bits per heavy atom. The van der Waals surface area contributed by atoms with Crippen LogP contribution in [-0.2, 0) is 0 Å². The monoisotopic (exact) mass is 258 g/mol. The van der Waals surface area contributed by atoms with Crippen LogP contribution in [0.15, 0.2) is 42.6 Å². The molecule has 3 N–H and O–H groups in total. The van der Waals surface area contributed by atoms with Crippen LogP contribution >= 0.6 is 0 Å². The molecule has 0 radical (unpaired) electrons. The standard InChI is InChI=1S/C14H15FN4/c1-2-19(11-5-3-10(15)4-6-11)12-7-8-13(14(16)17)18-9-12/h3-9H,2H2,1H3,(H3,16,17). The highest BCUT2D eigenvalue weighted by molar-refractivity contribution is 5.93. The van der Waals surface area contributed by atoms with Crippen molar-refractivity contribution in [3.63, 3.8) is 0 Å². The fourth-order valence-corrected chi connectivity index (χ4v) is 1.84. The molecule has 0 atom stereocenters. The molecule has 2 rings (SSSR count). The Morgan fingerprint density at radius 1 is 1.21 bits per heavy atom. The van der Waals surface area contributed by atoms with E-state index in [1.54, 1.807) is 24.4 Å². The van der Waals surface area contributed by atoms with Crippen molar-refractivity contribution in [3.8, 4) is 0 Å². The van der Waals surface area contributed by atoms with Crippen molar-refractivity contribution >= 4 is 17.2 Å². The van der Waals surface area contributed by atoms with E-state index in [0.29, 0.717) is 5.69 Å². The fraction of sp³-hybridized carbons (Fsp3) is 0.143. The van der Waals surface area contributed by atoms with Crippen LogP contribution in [-0.4, -0.2) is 17.4 Å². The second kappa shape index (κ2) is 5.48. The molecule has 0 saturated heterocycles. The highest BCUT2D eigenvalue weighted by Crippen LogP contribution is 2.24. The Morgan fingerprint density at radius 3 is 2.32 bits per heavy atom. The fourth-order valence-electron chi connectivity index (χ4n) is 1.84. The summed E-state index contributed by atoms with van der Waals surface area (Å²) >= 11 is 0. The molecule has 0 saturated carbocycles. The van der Waals surface area contributed by atoms with Crippen molar-refractivity contribution in [1.29, 1.82) is 5.41 Å². The van der Waals surface area contributed by atoms with E-state index >= 15 is 0 Å². The van der Waals surface area contributed by atoms with Crippen molar-refractivity contribution < 1.29 is 4.39 Å². The molecule has 0 amide bonds. The van der Waals surface area contributed by atoms with E-state index in [-0.39, 0.29) is 11.7 Å². The largest absolute Gasteiger partial charge is 0.382 e. The summed E-state index contributed by atoms with van der Waals surface area (Å²) in [5.74, 6) is -0.318. The number of nitrogens with two attached hydrogens (primary N) is 1. The first-order valence-corrected chi connectivity index (χ1v) is 5.95. The molecule has 0 spiro atoms. The number of amidine groups is 1. The second-order valence-corrected chi connectivity index (χ2v) is 4.04. The zero-order valence-corrected chi connectivity index (χ0v) is 10.6. The predicted molar refractivity (Wildman–Crippen MR) is 74.3 cm³/mol. The van der Waals surface area contributed by atoms with E-state index in [2.05, 4.69) is 4.98 Å². The number of hydrogen-bond acceptors (Lipinski definition) is 3. The third kappa shape index (κ3) is 2.88. The van der Waals surface area contributed by atoms with Crippen LogP contribution in [0.1, 0.15) is 12.6 Å². The number of nitrogens with zero attached hydrogens (tertiary/aromatic N) is 2. The maximum Gasteiger partial charge on any atom is 0.141 e. The third-order valence-electron chi connectivity index (χ3n) is 2.79. The molecule has 1 aromatic heterocycles. The molecular formula is C14H15FN4. The number of aromatic nitrogens is 1. The molecule has 1 heterocycles. The Labute approximate surface area is 111 Å². The number of nitrogen functional groups attached to an aromatic ring is 1. The summed E-state index contributed by atoms with van der Waals surface area (Å²) in [4.78, 5) is 6.12. The van der Waals surface area contributed by atoms with Gasteiger partial charge in [-0.05, 0) is 43.3 Å². The molecule has 4 nitrogen and oxygen atoms in total. The second-order valence-electron chi connectivity index (χ2n) is 4.04. The molecule has 0 bridgehead atoms. The molecular weight excluding hydrogens is 243 g/mol. The number of benzene rings is 1. The predicted octanol–water partition coefficient (Wildman–Crippen LogP) is 2.66. The average molecular weight is 258 g/mol. The van der Waals surface area contributed by atoms with E-state index in [4.69, 9.17) is 11.1 Å². The number of nitrogens with one attached hydrogen (secondary N) is 1. The van der Waals surface area contributed by atoms with Gasteiger partial charge in [0, 0.05) is 12.2 Å². The molecule has 1 aromatic carbocycles. The zero-order chi connectivity index (χ0) is 13.8. The Balaban J connectivity index is 2.31. The van der Waals surface area contributed by atoms with Crippen molar-refractivity contribution in [2.75, 3.05) is 11.4 Å². The Bertz CT molecular complexity index is 563. The molecule has 19 heavy (non-hydrogen) atoms. The van der Waals surface area contributed by atoms with Crippen LogP contribution < -0.4 is 10.6 Å². The minimum Gasteiger partial charge on any atom is -0.382 e. The highest BCUT2D eigenvalue weighted by Gasteiger charge is 2.08. The van der Waals surface area contributed by atoms with Gasteiger partial charge in [0.25, 0.3) is 0 Å². The normalized spacial score (nSPS) is 10.2. The summed E-state index contributed by atoms with van der Waals surface area (Å²) in [5.41, 5.74) is 7.57. The van der Waals surface area contributed by atoms with Crippen molar-refractivity contribution in [2.24, 2.45) is 5.73 Å². The van der Waals surface area contributed by atoms with Gasteiger partial charge < -0.3 is 10.6 Å².